The molecule has 0 bridgehead atoms. The van der Waals surface area contributed by atoms with E-state index in [2.05, 4.69) is 16.0 Å². The van der Waals surface area contributed by atoms with E-state index in [4.69, 9.17) is 11.0 Å². The normalized spacial score (nSPS) is 9.00. The fraction of sp³-hybridized carbons (Fsp3) is 0.214. The minimum Gasteiger partial charge on any atom is -0.398 e. The molecule has 0 spiro atoms. The molecule has 0 fully saturated rings. The molecule has 0 atom stereocenters. The molecule has 4 heteroatoms. The zero-order valence-electron chi connectivity index (χ0n) is 10.8. The SMILES string of the molecule is CC.Cc1nccc(-c2ccc(N)c(C#N)c2)n1. The Bertz CT molecular complexity index is 570. The number of benzene rings is 1. The van der Waals surface area contributed by atoms with Gasteiger partial charge in [0.25, 0.3) is 0 Å². The van der Waals surface area contributed by atoms with Crippen LogP contribution in [-0.2, 0) is 0 Å². The second kappa shape index (κ2) is 6.36. The summed E-state index contributed by atoms with van der Waals surface area (Å²) >= 11 is 0. The van der Waals surface area contributed by atoms with E-state index in [0.29, 0.717) is 17.1 Å². The predicted molar refractivity (Wildman–Crippen MR) is 72.7 cm³/mol. The van der Waals surface area contributed by atoms with Gasteiger partial charge in [0.05, 0.1) is 11.3 Å². The van der Waals surface area contributed by atoms with Crippen LogP contribution < -0.4 is 5.73 Å². The molecule has 0 saturated heterocycles. The van der Waals surface area contributed by atoms with Crippen molar-refractivity contribution in [2.75, 3.05) is 5.73 Å². The summed E-state index contributed by atoms with van der Waals surface area (Å²) in [4.78, 5) is 8.31. The van der Waals surface area contributed by atoms with Crippen LogP contribution in [0.15, 0.2) is 30.5 Å². The predicted octanol–water partition coefficient (Wildman–Crippen LogP) is 2.93. The first-order valence-corrected chi connectivity index (χ1v) is 5.80. The Morgan fingerprint density at radius 3 is 2.56 bits per heavy atom. The van der Waals surface area contributed by atoms with Gasteiger partial charge in [-0.15, -0.1) is 0 Å². The average Bonchev–Trinajstić information content (AvgIpc) is 2.41. The Balaban J connectivity index is 0.000000771. The number of aromatic nitrogens is 2. The highest BCUT2D eigenvalue weighted by Gasteiger charge is 2.03. The van der Waals surface area contributed by atoms with E-state index in [-0.39, 0.29) is 0 Å². The topological polar surface area (TPSA) is 75.6 Å². The van der Waals surface area contributed by atoms with Gasteiger partial charge in [-0.2, -0.15) is 5.26 Å². The van der Waals surface area contributed by atoms with Crippen LogP contribution in [0.1, 0.15) is 25.2 Å². The Kier molecular flexibility index (Phi) is 4.82. The maximum absolute atomic E-state index is 8.88. The van der Waals surface area contributed by atoms with Crippen LogP contribution >= 0.6 is 0 Å². The van der Waals surface area contributed by atoms with Crippen molar-refractivity contribution in [3.05, 3.63) is 41.9 Å². The molecule has 92 valence electrons. The first kappa shape index (κ1) is 13.7. The van der Waals surface area contributed by atoms with Gasteiger partial charge in [0.2, 0.25) is 0 Å². The molecule has 4 nitrogen and oxygen atoms in total. The number of rotatable bonds is 1. The maximum atomic E-state index is 8.88. The van der Waals surface area contributed by atoms with Gasteiger partial charge in [0.15, 0.2) is 0 Å². The molecule has 2 N–H and O–H groups in total. The van der Waals surface area contributed by atoms with Gasteiger partial charge in [0, 0.05) is 17.4 Å². The number of nitrogens with zero attached hydrogens (tertiary/aromatic N) is 3. The van der Waals surface area contributed by atoms with Crippen molar-refractivity contribution < 1.29 is 0 Å². The number of nitrogens with two attached hydrogens (primary N) is 1. The molecule has 2 aromatic rings. The summed E-state index contributed by atoms with van der Waals surface area (Å²) in [5.74, 6) is 0.702. The summed E-state index contributed by atoms with van der Waals surface area (Å²) in [6.45, 7) is 5.83. The van der Waals surface area contributed by atoms with Crippen molar-refractivity contribution in [2.24, 2.45) is 0 Å². The van der Waals surface area contributed by atoms with E-state index in [0.717, 1.165) is 11.3 Å². The third-order valence-electron chi connectivity index (χ3n) is 2.25. The van der Waals surface area contributed by atoms with Gasteiger partial charge in [-0.25, -0.2) is 9.97 Å². The lowest BCUT2D eigenvalue weighted by Gasteiger charge is -2.03. The summed E-state index contributed by atoms with van der Waals surface area (Å²) in [6, 6.07) is 9.15. The van der Waals surface area contributed by atoms with Crippen LogP contribution in [0, 0.1) is 18.3 Å². The van der Waals surface area contributed by atoms with E-state index >= 15 is 0 Å². The van der Waals surface area contributed by atoms with Gasteiger partial charge < -0.3 is 5.73 Å². The van der Waals surface area contributed by atoms with Crippen molar-refractivity contribution in [1.82, 2.24) is 9.97 Å². The third-order valence-corrected chi connectivity index (χ3v) is 2.25. The Hall–Kier alpha value is -2.41. The molecule has 0 aliphatic heterocycles. The van der Waals surface area contributed by atoms with Gasteiger partial charge in [-0.1, -0.05) is 19.9 Å². The summed E-state index contributed by atoms with van der Waals surface area (Å²) < 4.78 is 0. The van der Waals surface area contributed by atoms with E-state index in [1.807, 2.05) is 26.8 Å². The minimum absolute atomic E-state index is 0.466. The van der Waals surface area contributed by atoms with E-state index < -0.39 is 0 Å². The standard InChI is InChI=1S/C12H10N4.C2H6/c1-8-15-5-4-12(16-8)9-2-3-11(14)10(6-9)7-13;1-2/h2-6H,14H2,1H3;1-2H3. The van der Waals surface area contributed by atoms with Gasteiger partial charge in [0.1, 0.15) is 11.9 Å². The van der Waals surface area contributed by atoms with Crippen molar-refractivity contribution in [3.63, 3.8) is 0 Å². The molecule has 2 rings (SSSR count). The largest absolute Gasteiger partial charge is 0.398 e. The van der Waals surface area contributed by atoms with Crippen LogP contribution in [0.3, 0.4) is 0 Å². The molecule has 0 radical (unpaired) electrons. The number of aryl methyl sites for hydroxylation is 1. The first-order chi connectivity index (χ1) is 8.70. The second-order valence-electron chi connectivity index (χ2n) is 3.40. The maximum Gasteiger partial charge on any atom is 0.125 e. The Labute approximate surface area is 107 Å². The van der Waals surface area contributed by atoms with Gasteiger partial charge in [-0.05, 0) is 25.1 Å². The highest BCUT2D eigenvalue weighted by atomic mass is 14.9. The molecule has 1 aromatic heterocycles. The fourth-order valence-electron chi connectivity index (χ4n) is 1.43. The van der Waals surface area contributed by atoms with E-state index in [1.165, 1.54) is 0 Å². The molecule has 0 saturated carbocycles. The number of hydrogen-bond acceptors (Lipinski definition) is 4. The highest BCUT2D eigenvalue weighted by Crippen LogP contribution is 2.21. The number of nitriles is 1. The first-order valence-electron chi connectivity index (χ1n) is 5.80. The van der Waals surface area contributed by atoms with Crippen LogP contribution in [0.5, 0.6) is 0 Å². The molecule has 0 aliphatic rings. The van der Waals surface area contributed by atoms with E-state index in [1.54, 1.807) is 24.4 Å². The molecular formula is C14H16N4. The highest BCUT2D eigenvalue weighted by molar-refractivity contribution is 5.67. The minimum atomic E-state index is 0.466. The molecule has 0 aliphatic carbocycles. The average molecular weight is 240 g/mol. The lowest BCUT2D eigenvalue weighted by atomic mass is 10.1. The van der Waals surface area contributed by atoms with Crippen LogP contribution in [0.2, 0.25) is 0 Å². The van der Waals surface area contributed by atoms with E-state index in [9.17, 15) is 0 Å². The van der Waals surface area contributed by atoms with Crippen LogP contribution in [-0.4, -0.2) is 9.97 Å². The number of nitrogen functional groups attached to an aromatic ring is 1. The second-order valence-corrected chi connectivity index (χ2v) is 3.40. The van der Waals surface area contributed by atoms with Gasteiger partial charge >= 0.3 is 0 Å². The fourth-order valence-corrected chi connectivity index (χ4v) is 1.43. The molecule has 1 aromatic carbocycles. The lowest BCUT2D eigenvalue weighted by Crippen LogP contribution is -1.93. The number of hydrogen-bond donors (Lipinski definition) is 1. The van der Waals surface area contributed by atoms with Crippen molar-refractivity contribution in [1.29, 1.82) is 5.26 Å². The molecular weight excluding hydrogens is 224 g/mol. The summed E-state index contributed by atoms with van der Waals surface area (Å²) in [5.41, 5.74) is 8.27. The zero-order chi connectivity index (χ0) is 13.5. The zero-order valence-corrected chi connectivity index (χ0v) is 10.8. The lowest BCUT2D eigenvalue weighted by molar-refractivity contribution is 1.06. The monoisotopic (exact) mass is 240 g/mol. The molecule has 0 unspecified atom stereocenters. The summed E-state index contributed by atoms with van der Waals surface area (Å²) in [5, 5.41) is 8.88. The molecule has 18 heavy (non-hydrogen) atoms. The molecule has 0 amide bonds. The quantitative estimate of drug-likeness (QED) is 0.777. The summed E-state index contributed by atoms with van der Waals surface area (Å²) in [6.07, 6.45) is 1.69. The van der Waals surface area contributed by atoms with Crippen LogP contribution in [0.25, 0.3) is 11.3 Å². The van der Waals surface area contributed by atoms with Crippen molar-refractivity contribution >= 4 is 5.69 Å². The van der Waals surface area contributed by atoms with Gasteiger partial charge in [-0.3, -0.25) is 0 Å². The number of anilines is 1. The van der Waals surface area contributed by atoms with Crippen molar-refractivity contribution in [2.45, 2.75) is 20.8 Å². The summed E-state index contributed by atoms with van der Waals surface area (Å²) in [7, 11) is 0. The smallest absolute Gasteiger partial charge is 0.125 e. The Morgan fingerprint density at radius 2 is 1.94 bits per heavy atom. The van der Waals surface area contributed by atoms with Crippen LogP contribution in [0.4, 0.5) is 5.69 Å². The molecule has 1 heterocycles. The van der Waals surface area contributed by atoms with Crippen molar-refractivity contribution in [3.8, 4) is 17.3 Å². The third kappa shape index (κ3) is 3.05. The Morgan fingerprint density at radius 1 is 1.22 bits per heavy atom.